The van der Waals surface area contributed by atoms with Crippen LogP contribution < -0.4 is 11.1 Å². The third-order valence-corrected chi connectivity index (χ3v) is 4.24. The second kappa shape index (κ2) is 6.27. The highest BCUT2D eigenvalue weighted by atomic mass is 19.1. The predicted octanol–water partition coefficient (Wildman–Crippen LogP) is 2.07. The lowest BCUT2D eigenvalue weighted by Gasteiger charge is -2.18. The van der Waals surface area contributed by atoms with Crippen molar-refractivity contribution in [1.29, 1.82) is 0 Å². The van der Waals surface area contributed by atoms with Crippen molar-refractivity contribution in [2.75, 3.05) is 6.54 Å². The van der Waals surface area contributed by atoms with E-state index in [1.165, 1.54) is 12.1 Å². The van der Waals surface area contributed by atoms with Gasteiger partial charge in [0, 0.05) is 11.6 Å². The smallest absolute Gasteiger partial charge is 0.269 e. The number of benzene rings is 1. The van der Waals surface area contributed by atoms with Gasteiger partial charge in [-0.05, 0) is 55.6 Å². The molecular weight excluding hydrogens is 283 g/mol. The number of H-pyrrole nitrogens is 1. The van der Waals surface area contributed by atoms with Crippen LogP contribution in [0, 0.1) is 11.7 Å². The minimum absolute atomic E-state index is 0.134. The molecule has 1 saturated carbocycles. The average Bonchev–Trinajstić information content (AvgIpc) is 3.16. The molecule has 0 aliphatic heterocycles. The Kier molecular flexibility index (Phi) is 4.20. The molecule has 1 aliphatic carbocycles. The van der Waals surface area contributed by atoms with Gasteiger partial charge in [-0.3, -0.25) is 9.89 Å². The number of aromatic nitrogens is 2. The predicted molar refractivity (Wildman–Crippen MR) is 81.6 cm³/mol. The van der Waals surface area contributed by atoms with Gasteiger partial charge in [0.15, 0.2) is 0 Å². The number of halogens is 1. The summed E-state index contributed by atoms with van der Waals surface area (Å²) >= 11 is 0. The molecule has 1 fully saturated rings. The molecule has 3 rings (SSSR count). The Morgan fingerprint density at radius 3 is 2.86 bits per heavy atom. The first-order valence-electron chi connectivity index (χ1n) is 7.49. The minimum atomic E-state index is -0.300. The number of nitrogens with one attached hydrogen (secondary N) is 2. The monoisotopic (exact) mass is 302 g/mol. The third-order valence-electron chi connectivity index (χ3n) is 4.24. The Hall–Kier alpha value is -2.21. The molecule has 0 bridgehead atoms. The lowest BCUT2D eigenvalue weighted by molar-refractivity contribution is 0.0923. The second-order valence-corrected chi connectivity index (χ2v) is 5.68. The van der Waals surface area contributed by atoms with Gasteiger partial charge in [-0.1, -0.05) is 6.42 Å². The van der Waals surface area contributed by atoms with Crippen molar-refractivity contribution in [3.63, 3.8) is 0 Å². The summed E-state index contributed by atoms with van der Waals surface area (Å²) in [5.74, 6) is -0.124. The number of aromatic amines is 1. The van der Waals surface area contributed by atoms with Crippen molar-refractivity contribution in [1.82, 2.24) is 15.5 Å². The van der Waals surface area contributed by atoms with E-state index >= 15 is 0 Å². The maximum Gasteiger partial charge on any atom is 0.269 e. The van der Waals surface area contributed by atoms with Crippen LogP contribution in [0.25, 0.3) is 11.3 Å². The van der Waals surface area contributed by atoms with E-state index in [-0.39, 0.29) is 17.8 Å². The number of rotatable bonds is 4. The highest BCUT2D eigenvalue weighted by Gasteiger charge is 2.28. The summed E-state index contributed by atoms with van der Waals surface area (Å²) in [6.07, 6.45) is 3.12. The Labute approximate surface area is 128 Å². The molecule has 2 atom stereocenters. The van der Waals surface area contributed by atoms with Crippen molar-refractivity contribution in [3.05, 3.63) is 41.8 Å². The second-order valence-electron chi connectivity index (χ2n) is 5.68. The number of nitrogens with zero attached hydrogens (tertiary/aromatic N) is 1. The Morgan fingerprint density at radius 1 is 1.36 bits per heavy atom. The van der Waals surface area contributed by atoms with E-state index in [9.17, 15) is 9.18 Å². The van der Waals surface area contributed by atoms with Crippen LogP contribution in [0.4, 0.5) is 4.39 Å². The van der Waals surface area contributed by atoms with Gasteiger partial charge in [0.05, 0.1) is 5.69 Å². The van der Waals surface area contributed by atoms with E-state index < -0.39 is 0 Å². The summed E-state index contributed by atoms with van der Waals surface area (Å²) in [5.41, 5.74) is 7.51. The minimum Gasteiger partial charge on any atom is -0.348 e. The van der Waals surface area contributed by atoms with E-state index in [4.69, 9.17) is 5.73 Å². The fourth-order valence-electron chi connectivity index (χ4n) is 2.96. The lowest BCUT2D eigenvalue weighted by Crippen LogP contribution is -2.40. The normalized spacial score (nSPS) is 21.0. The summed E-state index contributed by atoms with van der Waals surface area (Å²) < 4.78 is 12.9. The van der Waals surface area contributed by atoms with Crippen LogP contribution in [0.15, 0.2) is 30.3 Å². The largest absolute Gasteiger partial charge is 0.348 e. The Morgan fingerprint density at radius 2 is 2.14 bits per heavy atom. The van der Waals surface area contributed by atoms with Crippen molar-refractivity contribution in [2.24, 2.45) is 11.7 Å². The molecule has 5 nitrogen and oxygen atoms in total. The molecular formula is C16H19FN4O. The van der Waals surface area contributed by atoms with Crippen molar-refractivity contribution >= 4 is 5.91 Å². The zero-order chi connectivity index (χ0) is 15.5. The average molecular weight is 302 g/mol. The van der Waals surface area contributed by atoms with E-state index in [1.807, 2.05) is 0 Å². The molecule has 6 heteroatoms. The molecule has 0 saturated heterocycles. The van der Waals surface area contributed by atoms with Gasteiger partial charge in [0.1, 0.15) is 11.5 Å². The van der Waals surface area contributed by atoms with E-state index in [0.29, 0.717) is 23.9 Å². The molecule has 4 N–H and O–H groups in total. The highest BCUT2D eigenvalue weighted by molar-refractivity contribution is 5.93. The maximum absolute atomic E-state index is 12.9. The molecule has 116 valence electrons. The van der Waals surface area contributed by atoms with Gasteiger partial charge < -0.3 is 11.1 Å². The SMILES string of the molecule is NCC1CCCC1NC(=O)c1cc(-c2ccc(F)cc2)n[nH]1. The quantitative estimate of drug-likeness (QED) is 0.808. The van der Waals surface area contributed by atoms with Crippen LogP contribution in [0.3, 0.4) is 0 Å². The number of carbonyl (C=O) groups is 1. The molecule has 2 unspecified atom stereocenters. The molecule has 1 amide bonds. The van der Waals surface area contributed by atoms with E-state index in [2.05, 4.69) is 15.5 Å². The van der Waals surface area contributed by atoms with Crippen LogP contribution in [0.5, 0.6) is 0 Å². The first-order valence-corrected chi connectivity index (χ1v) is 7.49. The number of amides is 1. The van der Waals surface area contributed by atoms with Crippen molar-refractivity contribution in [2.45, 2.75) is 25.3 Å². The summed E-state index contributed by atoms with van der Waals surface area (Å²) in [6.45, 7) is 0.592. The standard InChI is InChI=1S/C16H19FN4O/c17-12-6-4-10(5-7-12)14-8-15(21-20-14)16(22)19-13-3-1-2-11(13)9-18/h4-8,11,13H,1-3,9,18H2,(H,19,22)(H,20,21). The first kappa shape index (κ1) is 14.7. The Balaban J connectivity index is 1.70. The molecule has 22 heavy (non-hydrogen) atoms. The van der Waals surface area contributed by atoms with Crippen LogP contribution in [-0.4, -0.2) is 28.7 Å². The number of carbonyl (C=O) groups excluding carboxylic acids is 1. The fraction of sp³-hybridized carbons (Fsp3) is 0.375. The zero-order valence-electron chi connectivity index (χ0n) is 12.2. The highest BCUT2D eigenvalue weighted by Crippen LogP contribution is 2.25. The van der Waals surface area contributed by atoms with Crippen LogP contribution in [-0.2, 0) is 0 Å². The van der Waals surface area contributed by atoms with E-state index in [1.54, 1.807) is 18.2 Å². The van der Waals surface area contributed by atoms with Gasteiger partial charge >= 0.3 is 0 Å². The first-order chi connectivity index (χ1) is 10.7. The summed E-state index contributed by atoms with van der Waals surface area (Å²) in [7, 11) is 0. The lowest BCUT2D eigenvalue weighted by atomic mass is 10.0. The Bertz CT molecular complexity index is 652. The zero-order valence-corrected chi connectivity index (χ0v) is 12.2. The molecule has 1 heterocycles. The van der Waals surface area contributed by atoms with Gasteiger partial charge in [-0.2, -0.15) is 5.10 Å². The molecule has 1 aromatic heterocycles. The molecule has 0 radical (unpaired) electrons. The summed E-state index contributed by atoms with van der Waals surface area (Å²) in [5, 5.41) is 9.88. The topological polar surface area (TPSA) is 83.8 Å². The summed E-state index contributed by atoms with van der Waals surface area (Å²) in [4.78, 5) is 12.3. The third kappa shape index (κ3) is 3.01. The molecule has 1 aliphatic rings. The van der Waals surface area contributed by atoms with Gasteiger partial charge in [0.2, 0.25) is 0 Å². The van der Waals surface area contributed by atoms with Crippen LogP contribution in [0.1, 0.15) is 29.8 Å². The van der Waals surface area contributed by atoms with E-state index in [0.717, 1.165) is 24.8 Å². The van der Waals surface area contributed by atoms with Crippen molar-refractivity contribution < 1.29 is 9.18 Å². The number of hydrogen-bond acceptors (Lipinski definition) is 3. The van der Waals surface area contributed by atoms with Gasteiger partial charge in [0.25, 0.3) is 5.91 Å². The fourth-order valence-corrected chi connectivity index (χ4v) is 2.96. The molecule has 1 aromatic carbocycles. The maximum atomic E-state index is 12.9. The van der Waals surface area contributed by atoms with Crippen molar-refractivity contribution in [3.8, 4) is 11.3 Å². The van der Waals surface area contributed by atoms with Gasteiger partial charge in [-0.15, -0.1) is 0 Å². The summed E-state index contributed by atoms with van der Waals surface area (Å²) in [6, 6.07) is 7.82. The van der Waals surface area contributed by atoms with Crippen LogP contribution >= 0.6 is 0 Å². The van der Waals surface area contributed by atoms with Gasteiger partial charge in [-0.25, -0.2) is 4.39 Å². The van der Waals surface area contributed by atoms with Crippen LogP contribution in [0.2, 0.25) is 0 Å². The molecule has 2 aromatic rings. The number of nitrogens with two attached hydrogens (primary N) is 1. The number of hydrogen-bond donors (Lipinski definition) is 3. The molecule has 0 spiro atoms.